The molecule has 0 aromatic heterocycles. The molecule has 1 unspecified atom stereocenters. The Balaban J connectivity index is 2.09. The van der Waals surface area contributed by atoms with Gasteiger partial charge in [-0.1, -0.05) is 35.9 Å². The highest BCUT2D eigenvalue weighted by Gasteiger charge is 2.28. The van der Waals surface area contributed by atoms with Crippen LogP contribution >= 0.6 is 23.4 Å². The molecule has 5 nitrogen and oxygen atoms in total. The van der Waals surface area contributed by atoms with E-state index in [-0.39, 0.29) is 23.1 Å². The van der Waals surface area contributed by atoms with Gasteiger partial charge in [-0.2, -0.15) is 0 Å². The largest absolute Gasteiger partial charge is 0.497 e. The van der Waals surface area contributed by atoms with Crippen LogP contribution in [0.15, 0.2) is 48.5 Å². The fourth-order valence-electron chi connectivity index (χ4n) is 2.90. The van der Waals surface area contributed by atoms with Gasteiger partial charge in [-0.25, -0.2) is 0 Å². The minimum atomic E-state index is -0.593. The highest BCUT2D eigenvalue weighted by molar-refractivity contribution is 7.99. The summed E-state index contributed by atoms with van der Waals surface area (Å²) in [7, 11) is 1.61. The quantitative estimate of drug-likeness (QED) is 0.575. The summed E-state index contributed by atoms with van der Waals surface area (Å²) in [6.45, 7) is 7.90. The molecule has 1 N–H and O–H groups in total. The van der Waals surface area contributed by atoms with Crippen molar-refractivity contribution < 1.29 is 14.3 Å². The predicted molar refractivity (Wildman–Crippen MR) is 129 cm³/mol. The monoisotopic (exact) mass is 462 g/mol. The summed E-state index contributed by atoms with van der Waals surface area (Å²) in [5.74, 6) is 1.48. The number of thioether (sulfide) groups is 1. The van der Waals surface area contributed by atoms with E-state index in [0.29, 0.717) is 17.3 Å². The van der Waals surface area contributed by atoms with Crippen LogP contribution in [0.3, 0.4) is 0 Å². The Labute approximate surface area is 194 Å². The molecule has 2 rings (SSSR count). The maximum Gasteiger partial charge on any atom is 0.242 e. The highest BCUT2D eigenvalue weighted by Crippen LogP contribution is 2.19. The van der Waals surface area contributed by atoms with Crippen molar-refractivity contribution in [3.05, 3.63) is 64.7 Å². The Morgan fingerprint density at radius 2 is 1.65 bits per heavy atom. The molecule has 0 aliphatic carbocycles. The molecule has 0 aliphatic rings. The summed E-state index contributed by atoms with van der Waals surface area (Å²) < 4.78 is 5.21. The van der Waals surface area contributed by atoms with E-state index in [4.69, 9.17) is 16.3 Å². The first-order valence-corrected chi connectivity index (χ1v) is 11.7. The first kappa shape index (κ1) is 25.1. The summed E-state index contributed by atoms with van der Waals surface area (Å²) in [5, 5.41) is 3.66. The van der Waals surface area contributed by atoms with E-state index in [9.17, 15) is 9.59 Å². The normalized spacial score (nSPS) is 12.2. The minimum Gasteiger partial charge on any atom is -0.497 e. The van der Waals surface area contributed by atoms with Crippen molar-refractivity contribution in [2.75, 3.05) is 12.9 Å². The van der Waals surface area contributed by atoms with Gasteiger partial charge >= 0.3 is 0 Å². The third-order valence-electron chi connectivity index (χ3n) is 4.58. The number of carbonyl (C=O) groups excluding carboxylic acids is 2. The fourth-order valence-corrected chi connectivity index (χ4v) is 3.90. The molecule has 7 heteroatoms. The van der Waals surface area contributed by atoms with Gasteiger partial charge in [-0.3, -0.25) is 9.59 Å². The van der Waals surface area contributed by atoms with Crippen molar-refractivity contribution in [1.82, 2.24) is 10.2 Å². The first-order valence-electron chi connectivity index (χ1n) is 10.2. The summed E-state index contributed by atoms with van der Waals surface area (Å²) in [4.78, 5) is 27.5. The average molecular weight is 463 g/mol. The van der Waals surface area contributed by atoms with Crippen molar-refractivity contribution in [2.45, 2.75) is 51.6 Å². The van der Waals surface area contributed by atoms with Crippen LogP contribution in [0.2, 0.25) is 5.02 Å². The van der Waals surface area contributed by atoms with E-state index in [1.54, 1.807) is 18.9 Å². The van der Waals surface area contributed by atoms with E-state index in [1.807, 2.05) is 69.3 Å². The molecule has 1 atom stereocenters. The molecule has 0 spiro atoms. The number of methoxy groups -OCH3 is 1. The second kappa shape index (κ2) is 11.4. The lowest BCUT2D eigenvalue weighted by molar-refractivity contribution is -0.139. The van der Waals surface area contributed by atoms with E-state index >= 15 is 0 Å². The molecule has 0 saturated heterocycles. The van der Waals surface area contributed by atoms with Crippen LogP contribution in [0.5, 0.6) is 5.75 Å². The van der Waals surface area contributed by atoms with Gasteiger partial charge in [0.25, 0.3) is 0 Å². The zero-order chi connectivity index (χ0) is 23.0. The van der Waals surface area contributed by atoms with Crippen molar-refractivity contribution >= 4 is 35.2 Å². The Kier molecular flexibility index (Phi) is 9.26. The number of nitrogens with one attached hydrogen (secondary N) is 1. The van der Waals surface area contributed by atoms with E-state index in [2.05, 4.69) is 5.32 Å². The number of amides is 2. The molecule has 2 aromatic carbocycles. The number of halogens is 1. The van der Waals surface area contributed by atoms with Crippen LogP contribution in [0.25, 0.3) is 0 Å². The number of ether oxygens (including phenoxy) is 1. The lowest BCUT2D eigenvalue weighted by Crippen LogP contribution is -2.52. The van der Waals surface area contributed by atoms with Crippen molar-refractivity contribution in [1.29, 1.82) is 0 Å². The second-order valence-corrected chi connectivity index (χ2v) is 9.83. The molecule has 0 fully saturated rings. The Morgan fingerprint density at radius 3 is 2.19 bits per heavy atom. The summed E-state index contributed by atoms with van der Waals surface area (Å²) in [5.41, 5.74) is 1.67. The Hall–Kier alpha value is -2.18. The molecule has 0 radical (unpaired) electrons. The molecule has 0 saturated carbocycles. The summed E-state index contributed by atoms with van der Waals surface area (Å²) in [6, 6.07) is 14.5. The SMILES string of the molecule is COc1ccc(CN(C(=O)CSCc2ccc(Cl)cc2)C(C)C(=O)NC(C)(C)C)cc1. The van der Waals surface area contributed by atoms with Crippen LogP contribution in [0.4, 0.5) is 0 Å². The van der Waals surface area contributed by atoms with Crippen LogP contribution in [-0.2, 0) is 21.9 Å². The topological polar surface area (TPSA) is 58.6 Å². The lowest BCUT2D eigenvalue weighted by Gasteiger charge is -2.31. The number of carbonyl (C=O) groups is 2. The third-order valence-corrected chi connectivity index (χ3v) is 5.83. The standard InChI is InChI=1S/C24H31ClN2O3S/c1-17(23(29)26-24(2,3)4)27(14-18-8-12-21(30-5)13-9-18)22(28)16-31-15-19-6-10-20(25)11-7-19/h6-13,17H,14-16H2,1-5H3,(H,26,29). The smallest absolute Gasteiger partial charge is 0.242 e. The maximum atomic E-state index is 13.1. The maximum absolute atomic E-state index is 13.1. The van der Waals surface area contributed by atoms with Gasteiger partial charge < -0.3 is 15.0 Å². The zero-order valence-corrected chi connectivity index (χ0v) is 20.3. The first-order chi connectivity index (χ1) is 14.6. The van der Waals surface area contributed by atoms with Crippen molar-refractivity contribution in [3.8, 4) is 5.75 Å². The second-order valence-electron chi connectivity index (χ2n) is 8.40. The van der Waals surface area contributed by atoms with Gasteiger partial charge in [0.05, 0.1) is 12.9 Å². The Bertz CT molecular complexity index is 864. The van der Waals surface area contributed by atoms with Crippen LogP contribution in [0, 0.1) is 0 Å². The number of benzene rings is 2. The van der Waals surface area contributed by atoms with Crippen molar-refractivity contribution in [3.63, 3.8) is 0 Å². The van der Waals surface area contributed by atoms with Crippen LogP contribution in [-0.4, -0.2) is 41.2 Å². The van der Waals surface area contributed by atoms with Gasteiger partial charge in [-0.05, 0) is 63.1 Å². The number of nitrogens with zero attached hydrogens (tertiary/aromatic N) is 1. The molecular formula is C24H31ClN2O3S. The van der Waals surface area contributed by atoms with Crippen molar-refractivity contribution in [2.24, 2.45) is 0 Å². The van der Waals surface area contributed by atoms with Gasteiger partial charge in [0.1, 0.15) is 11.8 Å². The molecule has 0 bridgehead atoms. The number of hydrogen-bond donors (Lipinski definition) is 1. The minimum absolute atomic E-state index is 0.0775. The Morgan fingerprint density at radius 1 is 1.06 bits per heavy atom. The number of hydrogen-bond acceptors (Lipinski definition) is 4. The molecule has 2 aromatic rings. The summed E-state index contributed by atoms with van der Waals surface area (Å²) >= 11 is 7.45. The lowest BCUT2D eigenvalue weighted by atomic mass is 10.1. The van der Waals surface area contributed by atoms with Crippen LogP contribution < -0.4 is 10.1 Å². The van der Waals surface area contributed by atoms with Gasteiger partial charge in [0, 0.05) is 22.9 Å². The molecular weight excluding hydrogens is 432 g/mol. The molecule has 0 aliphatic heterocycles. The average Bonchev–Trinajstić information content (AvgIpc) is 2.72. The van der Waals surface area contributed by atoms with E-state index in [0.717, 1.165) is 16.9 Å². The predicted octanol–water partition coefficient (Wildman–Crippen LogP) is 4.91. The third kappa shape index (κ3) is 8.46. The van der Waals surface area contributed by atoms with Gasteiger partial charge in [0.2, 0.25) is 11.8 Å². The number of rotatable bonds is 9. The molecule has 168 valence electrons. The van der Waals surface area contributed by atoms with Gasteiger partial charge in [-0.15, -0.1) is 11.8 Å². The van der Waals surface area contributed by atoms with Gasteiger partial charge in [0.15, 0.2) is 0 Å². The molecule has 0 heterocycles. The fraction of sp³-hybridized carbons (Fsp3) is 0.417. The summed E-state index contributed by atoms with van der Waals surface area (Å²) in [6.07, 6.45) is 0. The molecule has 2 amide bonds. The molecule has 31 heavy (non-hydrogen) atoms. The van der Waals surface area contributed by atoms with Crippen LogP contribution in [0.1, 0.15) is 38.8 Å². The zero-order valence-electron chi connectivity index (χ0n) is 18.8. The van der Waals surface area contributed by atoms with E-state index in [1.165, 1.54) is 11.8 Å². The van der Waals surface area contributed by atoms with E-state index < -0.39 is 6.04 Å². The highest BCUT2D eigenvalue weighted by atomic mass is 35.5.